The van der Waals surface area contributed by atoms with Gasteiger partial charge in [0.2, 0.25) is 5.91 Å². The van der Waals surface area contributed by atoms with Crippen LogP contribution in [-0.2, 0) is 14.3 Å². The number of aryl methyl sites for hydroxylation is 1. The molecule has 6 nitrogen and oxygen atoms in total. The maximum absolute atomic E-state index is 12.8. The highest BCUT2D eigenvalue weighted by Crippen LogP contribution is 2.25. The number of nitrogens with one attached hydrogen (secondary N) is 2. The van der Waals surface area contributed by atoms with Crippen LogP contribution in [0.5, 0.6) is 0 Å². The van der Waals surface area contributed by atoms with E-state index < -0.39 is 5.60 Å². The van der Waals surface area contributed by atoms with Gasteiger partial charge >= 0.3 is 0 Å². The Morgan fingerprint density at radius 3 is 2.58 bits per heavy atom. The molecule has 0 bridgehead atoms. The standard InChI is InChI=1S/C18H27N3O3/c1-13-6-5-7-15(14(13)2)20-16(22)12-21(3)17(23)18(24-4)8-10-19-11-9-18/h5-7,19H,8-12H2,1-4H3,(H,20,22). The maximum Gasteiger partial charge on any atom is 0.255 e. The first-order chi connectivity index (χ1) is 11.4. The second kappa shape index (κ2) is 7.77. The molecule has 132 valence electrons. The minimum atomic E-state index is -0.820. The van der Waals surface area contributed by atoms with E-state index >= 15 is 0 Å². The SMILES string of the molecule is COC1(C(=O)N(C)CC(=O)Nc2cccc(C)c2C)CCNCC1. The summed E-state index contributed by atoms with van der Waals surface area (Å²) in [6.45, 7) is 5.45. The van der Waals surface area contributed by atoms with Crippen LogP contribution in [-0.4, -0.2) is 56.1 Å². The van der Waals surface area contributed by atoms with Gasteiger partial charge in [-0.1, -0.05) is 12.1 Å². The van der Waals surface area contributed by atoms with Crippen molar-refractivity contribution in [1.29, 1.82) is 0 Å². The zero-order chi connectivity index (χ0) is 17.7. The molecule has 0 aliphatic carbocycles. The molecule has 1 aliphatic rings. The third-order valence-corrected chi connectivity index (χ3v) is 4.80. The molecule has 0 atom stereocenters. The molecule has 1 aliphatic heterocycles. The number of piperidine rings is 1. The van der Waals surface area contributed by atoms with Gasteiger partial charge in [-0.05, 0) is 57.0 Å². The molecule has 1 heterocycles. The van der Waals surface area contributed by atoms with Gasteiger partial charge in [-0.2, -0.15) is 0 Å². The fourth-order valence-electron chi connectivity index (χ4n) is 3.05. The van der Waals surface area contributed by atoms with Gasteiger partial charge < -0.3 is 20.3 Å². The average molecular weight is 333 g/mol. The Labute approximate surface area is 143 Å². The molecule has 2 rings (SSSR count). The molecule has 2 amide bonds. The minimum absolute atomic E-state index is 0.00472. The van der Waals surface area contributed by atoms with Crippen LogP contribution in [0, 0.1) is 13.8 Å². The monoisotopic (exact) mass is 333 g/mol. The highest BCUT2D eigenvalue weighted by molar-refractivity contribution is 5.96. The molecule has 2 N–H and O–H groups in total. The number of carbonyl (C=O) groups excluding carboxylic acids is 2. The lowest BCUT2D eigenvalue weighted by Crippen LogP contribution is -2.55. The lowest BCUT2D eigenvalue weighted by Gasteiger charge is -2.37. The number of benzene rings is 1. The predicted molar refractivity (Wildman–Crippen MR) is 94.0 cm³/mol. The van der Waals surface area contributed by atoms with Crippen molar-refractivity contribution in [2.75, 3.05) is 39.1 Å². The smallest absolute Gasteiger partial charge is 0.255 e. The lowest BCUT2D eigenvalue weighted by atomic mass is 9.90. The predicted octanol–water partition coefficient (Wildman–Crippen LogP) is 1.47. The Morgan fingerprint density at radius 2 is 1.96 bits per heavy atom. The van der Waals surface area contributed by atoms with Crippen LogP contribution >= 0.6 is 0 Å². The van der Waals surface area contributed by atoms with Gasteiger partial charge in [0.1, 0.15) is 5.60 Å². The number of rotatable bonds is 5. The van der Waals surface area contributed by atoms with E-state index in [2.05, 4.69) is 10.6 Å². The zero-order valence-electron chi connectivity index (χ0n) is 14.9. The molecule has 1 saturated heterocycles. The van der Waals surface area contributed by atoms with Crippen LogP contribution in [0.3, 0.4) is 0 Å². The Morgan fingerprint density at radius 1 is 1.29 bits per heavy atom. The van der Waals surface area contributed by atoms with E-state index in [9.17, 15) is 9.59 Å². The van der Waals surface area contributed by atoms with Crippen molar-refractivity contribution in [1.82, 2.24) is 10.2 Å². The fraction of sp³-hybridized carbons (Fsp3) is 0.556. The Hall–Kier alpha value is -1.92. The zero-order valence-corrected chi connectivity index (χ0v) is 14.9. The van der Waals surface area contributed by atoms with Crippen LogP contribution in [0.1, 0.15) is 24.0 Å². The number of likely N-dealkylation sites (N-methyl/N-ethyl adjacent to an activating group) is 1. The molecule has 0 unspecified atom stereocenters. The first-order valence-electron chi connectivity index (χ1n) is 8.27. The number of amides is 2. The number of ether oxygens (including phenoxy) is 1. The molecular weight excluding hydrogens is 306 g/mol. The van der Waals surface area contributed by atoms with Gasteiger partial charge in [-0.15, -0.1) is 0 Å². The molecule has 0 spiro atoms. The number of carbonyl (C=O) groups is 2. The molecule has 24 heavy (non-hydrogen) atoms. The molecule has 1 aromatic carbocycles. The average Bonchev–Trinajstić information content (AvgIpc) is 2.58. The summed E-state index contributed by atoms with van der Waals surface area (Å²) in [6, 6.07) is 5.77. The summed E-state index contributed by atoms with van der Waals surface area (Å²) in [4.78, 5) is 26.5. The Bertz CT molecular complexity index is 610. The second-order valence-corrected chi connectivity index (χ2v) is 6.41. The molecule has 1 fully saturated rings. The van der Waals surface area contributed by atoms with Gasteiger partial charge in [-0.3, -0.25) is 9.59 Å². The summed E-state index contributed by atoms with van der Waals surface area (Å²) in [5.41, 5.74) is 2.11. The third kappa shape index (κ3) is 3.94. The second-order valence-electron chi connectivity index (χ2n) is 6.41. The van der Waals surface area contributed by atoms with Gasteiger partial charge in [0.05, 0.1) is 6.54 Å². The summed E-state index contributed by atoms with van der Waals surface area (Å²) >= 11 is 0. The van der Waals surface area contributed by atoms with Crippen molar-refractivity contribution in [3.05, 3.63) is 29.3 Å². The molecule has 6 heteroatoms. The molecule has 1 aromatic rings. The van der Waals surface area contributed by atoms with Crippen LogP contribution < -0.4 is 10.6 Å². The van der Waals surface area contributed by atoms with Crippen LogP contribution in [0.2, 0.25) is 0 Å². The highest BCUT2D eigenvalue weighted by atomic mass is 16.5. The summed E-state index contributed by atoms with van der Waals surface area (Å²) < 4.78 is 5.53. The van der Waals surface area contributed by atoms with E-state index in [4.69, 9.17) is 4.74 Å². The first kappa shape index (κ1) is 18.4. The van der Waals surface area contributed by atoms with E-state index in [0.717, 1.165) is 29.9 Å². The summed E-state index contributed by atoms with van der Waals surface area (Å²) in [6.07, 6.45) is 1.23. The van der Waals surface area contributed by atoms with Crippen molar-refractivity contribution in [2.24, 2.45) is 0 Å². The summed E-state index contributed by atoms with van der Waals surface area (Å²) in [5.74, 6) is -0.345. The van der Waals surface area contributed by atoms with Crippen molar-refractivity contribution >= 4 is 17.5 Å². The van der Waals surface area contributed by atoms with Crippen molar-refractivity contribution < 1.29 is 14.3 Å². The number of hydrogen-bond acceptors (Lipinski definition) is 4. The molecular formula is C18H27N3O3. The van der Waals surface area contributed by atoms with Crippen molar-refractivity contribution in [2.45, 2.75) is 32.3 Å². The Balaban J connectivity index is 2.00. The van der Waals surface area contributed by atoms with Crippen LogP contribution in [0.15, 0.2) is 18.2 Å². The largest absolute Gasteiger partial charge is 0.368 e. The number of anilines is 1. The Kier molecular flexibility index (Phi) is 5.96. The summed E-state index contributed by atoms with van der Waals surface area (Å²) in [5, 5.41) is 6.11. The fourth-order valence-corrected chi connectivity index (χ4v) is 3.05. The van der Waals surface area contributed by atoms with Gasteiger partial charge in [0, 0.05) is 19.8 Å². The quantitative estimate of drug-likeness (QED) is 0.856. The topological polar surface area (TPSA) is 70.7 Å². The third-order valence-electron chi connectivity index (χ3n) is 4.80. The van der Waals surface area contributed by atoms with E-state index in [0.29, 0.717) is 12.8 Å². The summed E-state index contributed by atoms with van der Waals surface area (Å²) in [7, 11) is 3.21. The number of methoxy groups -OCH3 is 1. The van der Waals surface area contributed by atoms with Crippen molar-refractivity contribution in [3.8, 4) is 0 Å². The minimum Gasteiger partial charge on any atom is -0.368 e. The molecule has 0 radical (unpaired) electrons. The van der Waals surface area contributed by atoms with Gasteiger partial charge in [0.25, 0.3) is 5.91 Å². The first-order valence-corrected chi connectivity index (χ1v) is 8.27. The lowest BCUT2D eigenvalue weighted by molar-refractivity contribution is -0.157. The van der Waals surface area contributed by atoms with Gasteiger partial charge in [0.15, 0.2) is 0 Å². The number of nitrogens with zero attached hydrogens (tertiary/aromatic N) is 1. The van der Waals surface area contributed by atoms with Crippen molar-refractivity contribution in [3.63, 3.8) is 0 Å². The van der Waals surface area contributed by atoms with E-state index in [-0.39, 0.29) is 18.4 Å². The molecule has 0 saturated carbocycles. The molecule has 0 aromatic heterocycles. The van der Waals surface area contributed by atoms with Crippen LogP contribution in [0.4, 0.5) is 5.69 Å². The van der Waals surface area contributed by atoms with E-state index in [1.165, 1.54) is 4.90 Å². The normalized spacial score (nSPS) is 16.5. The highest BCUT2D eigenvalue weighted by Gasteiger charge is 2.41. The number of hydrogen-bond donors (Lipinski definition) is 2. The maximum atomic E-state index is 12.8. The van der Waals surface area contributed by atoms with E-state index in [1.54, 1.807) is 14.2 Å². The van der Waals surface area contributed by atoms with Gasteiger partial charge in [-0.25, -0.2) is 0 Å². The van der Waals surface area contributed by atoms with Crippen LogP contribution in [0.25, 0.3) is 0 Å². The van der Waals surface area contributed by atoms with E-state index in [1.807, 2.05) is 32.0 Å².